The molecule has 4 aromatic rings. The molecular weight excluding hydrogens is 440 g/mol. The summed E-state index contributed by atoms with van der Waals surface area (Å²) in [6.07, 6.45) is 7.99. The van der Waals surface area contributed by atoms with Crippen LogP contribution in [0.15, 0.2) is 0 Å². The lowest BCUT2D eigenvalue weighted by atomic mass is 9.98. The molecule has 0 saturated carbocycles. The highest BCUT2D eigenvalue weighted by Crippen LogP contribution is 2.32. The molecular formula is C32H44N4. The first kappa shape index (κ1) is 24.8. The van der Waals surface area contributed by atoms with Crippen molar-refractivity contribution in [2.75, 3.05) is 0 Å². The van der Waals surface area contributed by atoms with Crippen molar-refractivity contribution in [3.63, 3.8) is 0 Å². The SMILES string of the molecule is CCc1c2[nH]c(c1C)Cc1[nH]c(c(CC)c1C)Cc1[nH]c(c(C)c1CC)Cc1[nH]c(c(CC)c1C)C2. The Labute approximate surface area is 216 Å². The van der Waals surface area contributed by atoms with Crippen molar-refractivity contribution in [3.8, 4) is 0 Å². The van der Waals surface area contributed by atoms with Gasteiger partial charge in [0.2, 0.25) is 0 Å². The smallest absolute Gasteiger partial charge is 0.0284 e. The quantitative estimate of drug-likeness (QED) is 0.209. The van der Waals surface area contributed by atoms with Gasteiger partial charge in [0.1, 0.15) is 0 Å². The average Bonchev–Trinajstić information content (AvgIpc) is 3.51. The van der Waals surface area contributed by atoms with E-state index >= 15 is 0 Å². The molecule has 192 valence electrons. The number of aromatic nitrogens is 4. The summed E-state index contributed by atoms with van der Waals surface area (Å²) in [6.45, 7) is 18.4. The van der Waals surface area contributed by atoms with Gasteiger partial charge >= 0.3 is 0 Å². The van der Waals surface area contributed by atoms with E-state index in [1.165, 1.54) is 90.1 Å². The zero-order valence-corrected chi connectivity index (χ0v) is 23.7. The van der Waals surface area contributed by atoms with Gasteiger partial charge in [0.15, 0.2) is 0 Å². The number of hydrogen-bond acceptors (Lipinski definition) is 0. The standard InChI is InChI=1S/C32H44N4/c1-9-21-17(5)25-13-26-19(7)23(11-3)31(35-26)16-32-24(12-4)20(8)28(36-32)14-27-18(6)22(10-2)30(34-27)15-29(21)33-25/h33-36H,9-16H2,1-8H3. The van der Waals surface area contributed by atoms with Gasteiger partial charge in [-0.25, -0.2) is 0 Å². The fourth-order valence-electron chi connectivity index (χ4n) is 6.97. The zero-order chi connectivity index (χ0) is 25.7. The van der Waals surface area contributed by atoms with Crippen LogP contribution in [0.25, 0.3) is 0 Å². The third-order valence-electron chi connectivity index (χ3n) is 9.11. The lowest BCUT2D eigenvalue weighted by molar-refractivity contribution is 0.922. The van der Waals surface area contributed by atoms with Crippen LogP contribution >= 0.6 is 0 Å². The molecule has 8 bridgehead atoms. The van der Waals surface area contributed by atoms with E-state index in [0.717, 1.165) is 51.4 Å². The minimum atomic E-state index is 0.933. The van der Waals surface area contributed by atoms with Gasteiger partial charge in [0.25, 0.3) is 0 Å². The molecule has 0 fully saturated rings. The predicted octanol–water partition coefficient (Wildman–Crippen LogP) is 7.16. The Morgan fingerprint density at radius 1 is 0.361 bits per heavy atom. The Morgan fingerprint density at radius 2 is 0.556 bits per heavy atom. The molecule has 0 saturated heterocycles. The molecule has 36 heavy (non-hydrogen) atoms. The van der Waals surface area contributed by atoms with Crippen LogP contribution in [-0.2, 0) is 51.4 Å². The molecule has 0 spiro atoms. The van der Waals surface area contributed by atoms with Crippen LogP contribution in [0.5, 0.6) is 0 Å². The van der Waals surface area contributed by atoms with Gasteiger partial charge in [0.05, 0.1) is 0 Å². The first-order valence-corrected chi connectivity index (χ1v) is 14.1. The summed E-state index contributed by atoms with van der Waals surface area (Å²) < 4.78 is 0. The van der Waals surface area contributed by atoms with Crippen LogP contribution in [0.1, 0.15) is 118 Å². The summed E-state index contributed by atoms with van der Waals surface area (Å²) in [6, 6.07) is 0. The van der Waals surface area contributed by atoms with E-state index in [2.05, 4.69) is 75.3 Å². The molecule has 5 heterocycles. The normalized spacial score (nSPS) is 13.6. The van der Waals surface area contributed by atoms with Crippen LogP contribution in [0.3, 0.4) is 0 Å². The maximum Gasteiger partial charge on any atom is 0.0284 e. The number of rotatable bonds is 4. The molecule has 1 aliphatic heterocycles. The van der Waals surface area contributed by atoms with E-state index in [0.29, 0.717) is 0 Å². The molecule has 0 aliphatic carbocycles. The van der Waals surface area contributed by atoms with Gasteiger partial charge in [0, 0.05) is 71.2 Å². The second-order valence-corrected chi connectivity index (χ2v) is 10.9. The Hall–Kier alpha value is -2.88. The highest BCUT2D eigenvalue weighted by Gasteiger charge is 2.23. The number of fused-ring (bicyclic) bond motifs is 8. The first-order valence-electron chi connectivity index (χ1n) is 14.1. The molecule has 0 atom stereocenters. The van der Waals surface area contributed by atoms with E-state index < -0.39 is 0 Å². The second-order valence-electron chi connectivity index (χ2n) is 10.9. The van der Waals surface area contributed by atoms with Crippen molar-refractivity contribution in [3.05, 3.63) is 90.1 Å². The van der Waals surface area contributed by atoms with Crippen molar-refractivity contribution in [1.29, 1.82) is 0 Å². The van der Waals surface area contributed by atoms with Gasteiger partial charge in [-0.05, 0) is 97.9 Å². The Balaban J connectivity index is 1.73. The molecule has 0 aromatic carbocycles. The summed E-state index contributed by atoms with van der Waals surface area (Å²) in [5.74, 6) is 0. The molecule has 4 nitrogen and oxygen atoms in total. The third-order valence-corrected chi connectivity index (χ3v) is 9.11. The van der Waals surface area contributed by atoms with Crippen LogP contribution in [0.2, 0.25) is 0 Å². The minimum absolute atomic E-state index is 0.933. The lowest BCUT2D eigenvalue weighted by Crippen LogP contribution is -1.99. The number of H-pyrrole nitrogens is 4. The Kier molecular flexibility index (Phi) is 6.57. The molecule has 5 rings (SSSR count). The van der Waals surface area contributed by atoms with Gasteiger partial charge < -0.3 is 19.9 Å². The summed E-state index contributed by atoms with van der Waals surface area (Å²) in [7, 11) is 0. The van der Waals surface area contributed by atoms with Gasteiger partial charge in [-0.2, -0.15) is 0 Å². The zero-order valence-electron chi connectivity index (χ0n) is 23.7. The fraction of sp³-hybridized carbons (Fsp3) is 0.500. The number of nitrogens with one attached hydrogen (secondary N) is 4. The van der Waals surface area contributed by atoms with Crippen molar-refractivity contribution in [2.24, 2.45) is 0 Å². The molecule has 4 aromatic heterocycles. The van der Waals surface area contributed by atoms with E-state index in [-0.39, 0.29) is 0 Å². The summed E-state index contributed by atoms with van der Waals surface area (Å²) in [4.78, 5) is 15.6. The lowest BCUT2D eigenvalue weighted by Gasteiger charge is -2.05. The number of aromatic amines is 4. The number of hydrogen-bond donors (Lipinski definition) is 4. The monoisotopic (exact) mass is 484 g/mol. The topological polar surface area (TPSA) is 63.2 Å². The van der Waals surface area contributed by atoms with Crippen molar-refractivity contribution >= 4 is 0 Å². The maximum atomic E-state index is 3.90. The van der Waals surface area contributed by atoms with E-state index in [1.54, 1.807) is 0 Å². The van der Waals surface area contributed by atoms with Crippen molar-refractivity contribution in [1.82, 2.24) is 19.9 Å². The third kappa shape index (κ3) is 3.90. The molecule has 0 unspecified atom stereocenters. The van der Waals surface area contributed by atoms with Crippen LogP contribution in [-0.4, -0.2) is 19.9 Å². The summed E-state index contributed by atoms with van der Waals surface area (Å²) >= 11 is 0. The molecule has 4 heteroatoms. The van der Waals surface area contributed by atoms with E-state index in [9.17, 15) is 0 Å². The van der Waals surface area contributed by atoms with Crippen molar-refractivity contribution in [2.45, 2.75) is 107 Å². The van der Waals surface area contributed by atoms with Gasteiger partial charge in [-0.15, -0.1) is 0 Å². The molecule has 0 amide bonds. The molecule has 1 aliphatic rings. The van der Waals surface area contributed by atoms with Crippen LogP contribution in [0, 0.1) is 27.7 Å². The van der Waals surface area contributed by atoms with Gasteiger partial charge in [-0.3, -0.25) is 0 Å². The molecule has 4 N–H and O–H groups in total. The van der Waals surface area contributed by atoms with Crippen molar-refractivity contribution < 1.29 is 0 Å². The fourth-order valence-corrected chi connectivity index (χ4v) is 6.97. The van der Waals surface area contributed by atoms with Crippen LogP contribution < -0.4 is 0 Å². The minimum Gasteiger partial charge on any atom is -0.361 e. The maximum absolute atomic E-state index is 3.90. The highest BCUT2D eigenvalue weighted by molar-refractivity contribution is 5.48. The average molecular weight is 485 g/mol. The summed E-state index contributed by atoms with van der Waals surface area (Å²) in [5, 5.41) is 0. The Bertz CT molecular complexity index is 1200. The Morgan fingerprint density at radius 3 is 0.750 bits per heavy atom. The first-order chi connectivity index (χ1) is 17.3. The van der Waals surface area contributed by atoms with Crippen LogP contribution in [0.4, 0.5) is 0 Å². The van der Waals surface area contributed by atoms with E-state index in [4.69, 9.17) is 0 Å². The van der Waals surface area contributed by atoms with Gasteiger partial charge in [-0.1, -0.05) is 27.7 Å². The molecule has 0 radical (unpaired) electrons. The highest BCUT2D eigenvalue weighted by atomic mass is 14.8. The largest absolute Gasteiger partial charge is 0.361 e. The predicted molar refractivity (Wildman–Crippen MR) is 151 cm³/mol. The second kappa shape index (κ2) is 9.53. The van der Waals surface area contributed by atoms with E-state index in [1.807, 2.05) is 0 Å². The summed E-state index contributed by atoms with van der Waals surface area (Å²) in [5.41, 5.74) is 22.7.